The van der Waals surface area contributed by atoms with Crippen molar-refractivity contribution < 1.29 is 31.0 Å². The van der Waals surface area contributed by atoms with Crippen LogP contribution in [-0.4, -0.2) is 11.5 Å². The molecule has 0 bridgehead atoms. The zero-order valence-electron chi connectivity index (χ0n) is 23.9. The minimum absolute atomic E-state index is 0. The van der Waals surface area contributed by atoms with Gasteiger partial charge in [-0.3, -0.25) is 0 Å². The quantitative estimate of drug-likeness (QED) is 0.128. The molecular weight excluding hydrogens is 415 g/mol. The van der Waals surface area contributed by atoms with E-state index in [0.29, 0.717) is 0 Å². The van der Waals surface area contributed by atoms with Crippen molar-refractivity contribution in [1.29, 1.82) is 0 Å². The molecule has 32 heavy (non-hydrogen) atoms. The molecule has 0 saturated carbocycles. The molecule has 0 unspecified atom stereocenters. The van der Waals surface area contributed by atoms with Crippen LogP contribution in [0.5, 0.6) is 0 Å². The van der Waals surface area contributed by atoms with Gasteiger partial charge in [-0.05, 0) is 107 Å². The van der Waals surface area contributed by atoms with Crippen LogP contribution in [0.1, 0.15) is 108 Å². The summed E-state index contributed by atoms with van der Waals surface area (Å²) in [6, 6.07) is 0. The number of rotatable bonds is 16. The van der Waals surface area contributed by atoms with Crippen LogP contribution in [0, 0.1) is 0 Å². The fraction of sp³-hybridized carbons (Fsp3) is 0.600. The van der Waals surface area contributed by atoms with E-state index in [9.17, 15) is 0 Å². The van der Waals surface area contributed by atoms with Gasteiger partial charge in [0, 0.05) is 11.5 Å². The average Bonchev–Trinajstić information content (AvgIpc) is 2.67. The second-order valence-electron chi connectivity index (χ2n) is 9.46. The zero-order valence-corrected chi connectivity index (χ0v) is 25.8. The Bertz CT molecular complexity index is 611. The van der Waals surface area contributed by atoms with Gasteiger partial charge < -0.3 is 1.43 Å². The van der Waals surface area contributed by atoms with Crippen LogP contribution in [0.15, 0.2) is 69.9 Å². The van der Waals surface area contributed by atoms with E-state index in [4.69, 9.17) is 0 Å². The van der Waals surface area contributed by atoms with Gasteiger partial charge in [0.15, 0.2) is 0 Å². The molecule has 0 aromatic heterocycles. The third kappa shape index (κ3) is 24.4. The van der Waals surface area contributed by atoms with E-state index in [1.54, 1.807) is 0 Å². The Morgan fingerprint density at radius 1 is 0.469 bits per heavy atom. The van der Waals surface area contributed by atoms with Crippen molar-refractivity contribution in [3.8, 4) is 0 Å². The fourth-order valence-corrected chi connectivity index (χ4v) is 4.09. The van der Waals surface area contributed by atoms with E-state index in [2.05, 4.69) is 91.8 Å². The smallest absolute Gasteiger partial charge is 1.00 e. The monoisotopic (exact) mass is 466 g/mol. The molecular formula is C30H51NaS. The zero-order chi connectivity index (χ0) is 23.5. The molecule has 0 fully saturated rings. The van der Waals surface area contributed by atoms with Gasteiger partial charge in [-0.2, -0.15) is 11.8 Å². The molecule has 178 valence electrons. The maximum Gasteiger partial charge on any atom is 1.00 e. The summed E-state index contributed by atoms with van der Waals surface area (Å²) in [6.45, 7) is 17.8. The van der Waals surface area contributed by atoms with Crippen molar-refractivity contribution in [3.05, 3.63) is 69.9 Å². The Morgan fingerprint density at radius 3 is 1.06 bits per heavy atom. The number of hydrogen-bond donors (Lipinski definition) is 0. The molecule has 0 aliphatic rings. The third-order valence-electron chi connectivity index (χ3n) is 5.34. The van der Waals surface area contributed by atoms with Gasteiger partial charge >= 0.3 is 29.6 Å². The first-order chi connectivity index (χ1) is 14.7. The molecule has 0 aromatic carbocycles. The van der Waals surface area contributed by atoms with Crippen LogP contribution >= 0.6 is 11.8 Å². The molecule has 0 aromatic rings. The van der Waals surface area contributed by atoms with E-state index in [1.807, 2.05) is 11.8 Å². The molecule has 0 spiro atoms. The molecule has 0 heterocycles. The van der Waals surface area contributed by atoms with E-state index in [1.165, 1.54) is 84.8 Å². The number of hydrogen-bond acceptors (Lipinski definition) is 1. The molecule has 0 atom stereocenters. The third-order valence-corrected chi connectivity index (χ3v) is 6.15. The predicted molar refractivity (Wildman–Crippen MR) is 149 cm³/mol. The van der Waals surface area contributed by atoms with Crippen LogP contribution in [0.4, 0.5) is 0 Å². The van der Waals surface area contributed by atoms with Crippen LogP contribution in [-0.2, 0) is 0 Å². The van der Waals surface area contributed by atoms with Gasteiger partial charge in [0.05, 0.1) is 0 Å². The standard InChI is InChI=1S/C30H50S.Na.H/c1-25(2)13-9-15-27(5)17-11-19-29(7)21-23-31-24-22-30(8)20-12-18-28(6)16-10-14-26(3)4;;/h13-14,17-18,21-22H,9-12,15-16,19-20,23-24H2,1-8H3;;/q;+1;-1. The molecule has 0 nitrogen and oxygen atoms in total. The first-order valence-corrected chi connectivity index (χ1v) is 13.3. The Balaban J connectivity index is -0.00000450. The summed E-state index contributed by atoms with van der Waals surface area (Å²) in [5.74, 6) is 2.25. The molecule has 0 rings (SSSR count). The second kappa shape index (κ2) is 22.6. The molecule has 0 saturated heterocycles. The minimum atomic E-state index is 0. The normalized spacial score (nSPS) is 13.0. The van der Waals surface area contributed by atoms with E-state index >= 15 is 0 Å². The average molecular weight is 467 g/mol. The van der Waals surface area contributed by atoms with Crippen molar-refractivity contribution >= 4 is 11.8 Å². The largest absolute Gasteiger partial charge is 1.00 e. The predicted octanol–water partition coefficient (Wildman–Crippen LogP) is 7.67. The summed E-state index contributed by atoms with van der Waals surface area (Å²) in [5, 5.41) is 0. The summed E-state index contributed by atoms with van der Waals surface area (Å²) in [4.78, 5) is 0. The van der Waals surface area contributed by atoms with Crippen molar-refractivity contribution in [3.63, 3.8) is 0 Å². The van der Waals surface area contributed by atoms with E-state index in [-0.39, 0.29) is 31.0 Å². The Morgan fingerprint density at radius 2 is 0.750 bits per heavy atom. The summed E-state index contributed by atoms with van der Waals surface area (Å²) >= 11 is 2.02. The van der Waals surface area contributed by atoms with Gasteiger partial charge in [-0.25, -0.2) is 0 Å². The van der Waals surface area contributed by atoms with E-state index < -0.39 is 0 Å². The van der Waals surface area contributed by atoms with E-state index in [0.717, 1.165) is 11.5 Å². The van der Waals surface area contributed by atoms with Crippen LogP contribution in [0.25, 0.3) is 0 Å². The van der Waals surface area contributed by atoms with Gasteiger partial charge in [-0.15, -0.1) is 0 Å². The molecule has 2 heteroatoms. The Labute approximate surface area is 229 Å². The molecule has 0 N–H and O–H groups in total. The van der Waals surface area contributed by atoms with Crippen LogP contribution in [0.2, 0.25) is 0 Å². The summed E-state index contributed by atoms with van der Waals surface area (Å²) < 4.78 is 0. The van der Waals surface area contributed by atoms with Crippen LogP contribution in [0.3, 0.4) is 0 Å². The second-order valence-corrected chi connectivity index (χ2v) is 10.5. The molecule has 0 radical (unpaired) electrons. The topological polar surface area (TPSA) is 0 Å². The molecule has 0 amide bonds. The molecule has 0 aliphatic carbocycles. The maximum atomic E-state index is 2.42. The van der Waals surface area contributed by atoms with Crippen molar-refractivity contribution in [1.82, 2.24) is 0 Å². The molecule has 0 aliphatic heterocycles. The van der Waals surface area contributed by atoms with Crippen LogP contribution < -0.4 is 29.6 Å². The number of allylic oxidation sites excluding steroid dienone is 10. The van der Waals surface area contributed by atoms with Gasteiger partial charge in [0.1, 0.15) is 0 Å². The minimum Gasteiger partial charge on any atom is -1.00 e. The SMILES string of the molecule is CC(C)=CCCC(C)=CCCC(C)=CCSCC=C(C)CCC=C(C)CCC=C(C)C.[H-].[Na+]. The Kier molecular flexibility index (Phi) is 24.0. The summed E-state index contributed by atoms with van der Waals surface area (Å²) in [5.41, 5.74) is 8.94. The van der Waals surface area contributed by atoms with Gasteiger partial charge in [0.25, 0.3) is 0 Å². The summed E-state index contributed by atoms with van der Waals surface area (Å²) in [6.07, 6.45) is 23.8. The van der Waals surface area contributed by atoms with Gasteiger partial charge in [-0.1, -0.05) is 69.9 Å². The number of thioether (sulfide) groups is 1. The Hall–Kier alpha value is -0.210. The van der Waals surface area contributed by atoms with Crippen molar-refractivity contribution in [2.75, 3.05) is 11.5 Å². The van der Waals surface area contributed by atoms with Crippen molar-refractivity contribution in [2.24, 2.45) is 0 Å². The first-order valence-electron chi connectivity index (χ1n) is 12.2. The first kappa shape index (κ1) is 34.0. The summed E-state index contributed by atoms with van der Waals surface area (Å²) in [7, 11) is 0. The fourth-order valence-electron chi connectivity index (χ4n) is 3.15. The maximum absolute atomic E-state index is 2.42. The van der Waals surface area contributed by atoms with Gasteiger partial charge in [0.2, 0.25) is 0 Å². The van der Waals surface area contributed by atoms with Crippen molar-refractivity contribution in [2.45, 2.75) is 107 Å².